The van der Waals surface area contributed by atoms with E-state index < -0.39 is 11.9 Å². The lowest BCUT2D eigenvalue weighted by atomic mass is 9.89. The molecule has 1 aromatic carbocycles. The van der Waals surface area contributed by atoms with Gasteiger partial charge in [-0.2, -0.15) is 0 Å². The Balaban J connectivity index is 1.61. The number of amides is 1. The minimum atomic E-state index is -0.921. The molecule has 0 saturated heterocycles. The van der Waals surface area contributed by atoms with Crippen LogP contribution in [0.2, 0.25) is 0 Å². The fourth-order valence-electron chi connectivity index (χ4n) is 3.06. The minimum Gasteiger partial charge on any atom is -0.481 e. The number of aliphatic carboxylic acids is 1. The van der Waals surface area contributed by atoms with E-state index in [1.807, 2.05) is 50.3 Å². The highest BCUT2D eigenvalue weighted by molar-refractivity contribution is 7.10. The zero-order chi connectivity index (χ0) is 20.1. The molecule has 1 fully saturated rings. The fourth-order valence-corrected chi connectivity index (χ4v) is 3.85. The highest BCUT2D eigenvalue weighted by atomic mass is 32.1. The number of hydrogen-bond donors (Lipinski definition) is 2. The molecule has 1 saturated carbocycles. The number of anilines is 1. The van der Waals surface area contributed by atoms with E-state index in [-0.39, 0.29) is 18.2 Å². The van der Waals surface area contributed by atoms with Gasteiger partial charge in [0, 0.05) is 23.4 Å². The topological polar surface area (TPSA) is 79.3 Å². The third kappa shape index (κ3) is 5.52. The average molecular weight is 399 g/mol. The van der Waals surface area contributed by atoms with Crippen molar-refractivity contribution in [3.8, 4) is 0 Å². The summed E-state index contributed by atoms with van der Waals surface area (Å²) in [6.45, 7) is 3.80. The number of carboxylic acid groups (broad SMARTS) is 1. The second-order valence-electron chi connectivity index (χ2n) is 7.43. The van der Waals surface area contributed by atoms with Crippen LogP contribution in [0.3, 0.4) is 0 Å². The third-order valence-corrected chi connectivity index (χ3v) is 6.01. The molecule has 2 aromatic rings. The summed E-state index contributed by atoms with van der Waals surface area (Å²) in [4.78, 5) is 28.4. The van der Waals surface area contributed by atoms with Crippen LogP contribution in [0.1, 0.15) is 61.7 Å². The van der Waals surface area contributed by atoms with Crippen molar-refractivity contribution in [3.05, 3.63) is 45.9 Å². The Morgan fingerprint density at radius 1 is 1.36 bits per heavy atom. The summed E-state index contributed by atoms with van der Waals surface area (Å²) in [5.74, 6) is -1.25. The van der Waals surface area contributed by atoms with E-state index >= 15 is 0 Å². The molecule has 0 aliphatic heterocycles. The van der Waals surface area contributed by atoms with E-state index in [4.69, 9.17) is 0 Å². The number of nitrogens with zero attached hydrogens (tertiary/aromatic N) is 1. The molecule has 148 valence electrons. The van der Waals surface area contributed by atoms with Crippen LogP contribution in [0, 0.1) is 11.8 Å². The van der Waals surface area contributed by atoms with E-state index in [1.54, 1.807) is 11.3 Å². The molecule has 3 rings (SSSR count). The average Bonchev–Trinajstić information content (AvgIpc) is 3.42. The van der Waals surface area contributed by atoms with Gasteiger partial charge in [-0.15, -0.1) is 11.3 Å². The molecule has 0 bridgehead atoms. The highest BCUT2D eigenvalue weighted by Gasteiger charge is 2.26. The molecular formula is C22H26N2O3S. The lowest BCUT2D eigenvalue weighted by Gasteiger charge is -2.18. The molecule has 5 nitrogen and oxygen atoms in total. The molecule has 0 spiro atoms. The Bertz CT molecular complexity index is 870. The van der Waals surface area contributed by atoms with Gasteiger partial charge in [0.05, 0.1) is 11.6 Å². The Kier molecular flexibility index (Phi) is 6.62. The van der Waals surface area contributed by atoms with E-state index in [0.29, 0.717) is 11.6 Å². The lowest BCUT2D eigenvalue weighted by molar-refractivity contribution is -0.145. The Labute approximate surface area is 169 Å². The van der Waals surface area contributed by atoms with E-state index in [1.165, 1.54) is 18.5 Å². The molecular weight excluding hydrogens is 372 g/mol. The maximum Gasteiger partial charge on any atom is 0.307 e. The summed E-state index contributed by atoms with van der Waals surface area (Å²) in [7, 11) is 0. The smallest absolute Gasteiger partial charge is 0.307 e. The Morgan fingerprint density at radius 2 is 2.14 bits per heavy atom. The minimum absolute atomic E-state index is 0.0204. The van der Waals surface area contributed by atoms with Crippen LogP contribution in [0.5, 0.6) is 0 Å². The predicted octanol–water partition coefficient (Wildman–Crippen LogP) is 5.27. The van der Waals surface area contributed by atoms with Gasteiger partial charge >= 0.3 is 5.97 Å². The maximum absolute atomic E-state index is 12.3. The molecule has 1 amide bonds. The third-order valence-electron chi connectivity index (χ3n) is 5.18. The van der Waals surface area contributed by atoms with Crippen LogP contribution >= 0.6 is 11.3 Å². The van der Waals surface area contributed by atoms with Crippen LogP contribution < -0.4 is 5.32 Å². The molecule has 1 aromatic heterocycles. The van der Waals surface area contributed by atoms with Crippen molar-refractivity contribution >= 4 is 41.1 Å². The van der Waals surface area contributed by atoms with Crippen LogP contribution in [0.25, 0.3) is 12.2 Å². The number of aromatic nitrogens is 1. The van der Waals surface area contributed by atoms with Crippen molar-refractivity contribution in [3.63, 3.8) is 0 Å². The summed E-state index contributed by atoms with van der Waals surface area (Å²) in [5, 5.41) is 15.3. The summed E-state index contributed by atoms with van der Waals surface area (Å²) in [6, 6.07) is 7.52. The number of carbonyl (C=O) groups excluding carboxylic acids is 1. The first-order chi connectivity index (χ1) is 13.5. The second kappa shape index (κ2) is 9.15. The molecule has 2 atom stereocenters. The predicted molar refractivity (Wildman–Crippen MR) is 113 cm³/mol. The van der Waals surface area contributed by atoms with Gasteiger partial charge in [0.2, 0.25) is 5.91 Å². The molecule has 2 unspecified atom stereocenters. The first kappa shape index (κ1) is 20.3. The molecule has 1 aliphatic rings. The van der Waals surface area contributed by atoms with Gasteiger partial charge < -0.3 is 10.4 Å². The van der Waals surface area contributed by atoms with Crippen LogP contribution in [0.15, 0.2) is 29.6 Å². The number of hydrogen-bond acceptors (Lipinski definition) is 4. The van der Waals surface area contributed by atoms with Crippen molar-refractivity contribution in [1.29, 1.82) is 0 Å². The Morgan fingerprint density at radius 3 is 2.82 bits per heavy atom. The molecule has 1 heterocycles. The summed E-state index contributed by atoms with van der Waals surface area (Å²) < 4.78 is 0. The van der Waals surface area contributed by atoms with Gasteiger partial charge in [-0.05, 0) is 42.5 Å². The summed E-state index contributed by atoms with van der Waals surface area (Å²) in [6.07, 6.45) is 7.16. The normalized spacial score (nSPS) is 16.1. The van der Waals surface area contributed by atoms with E-state index in [0.717, 1.165) is 17.0 Å². The van der Waals surface area contributed by atoms with Crippen molar-refractivity contribution < 1.29 is 14.7 Å². The number of benzene rings is 1. The lowest BCUT2D eigenvalue weighted by Crippen LogP contribution is -2.27. The SMILES string of the molecule is CCC(C)C(CC(=O)Nc1cccc(/C=C/c2nc(C3CC3)cs2)c1)C(=O)O. The largest absolute Gasteiger partial charge is 0.481 e. The summed E-state index contributed by atoms with van der Waals surface area (Å²) >= 11 is 1.64. The molecule has 28 heavy (non-hydrogen) atoms. The highest BCUT2D eigenvalue weighted by Crippen LogP contribution is 2.40. The number of carboxylic acids is 1. The van der Waals surface area contributed by atoms with Gasteiger partial charge in [0.1, 0.15) is 5.01 Å². The van der Waals surface area contributed by atoms with Gasteiger partial charge in [0.25, 0.3) is 0 Å². The van der Waals surface area contributed by atoms with Crippen molar-refractivity contribution in [2.75, 3.05) is 5.32 Å². The molecule has 0 radical (unpaired) electrons. The zero-order valence-corrected chi connectivity index (χ0v) is 17.0. The quantitative estimate of drug-likeness (QED) is 0.603. The number of rotatable bonds is 9. The molecule has 2 N–H and O–H groups in total. The van der Waals surface area contributed by atoms with Crippen molar-refractivity contribution in [1.82, 2.24) is 4.98 Å². The van der Waals surface area contributed by atoms with Crippen molar-refractivity contribution in [2.45, 2.75) is 45.4 Å². The van der Waals surface area contributed by atoms with Gasteiger partial charge in [-0.1, -0.05) is 38.5 Å². The number of nitrogens with one attached hydrogen (secondary N) is 1. The molecule has 1 aliphatic carbocycles. The van der Waals surface area contributed by atoms with Gasteiger partial charge in [-0.3, -0.25) is 9.59 Å². The summed E-state index contributed by atoms with van der Waals surface area (Å²) in [5.41, 5.74) is 2.82. The first-order valence-electron chi connectivity index (χ1n) is 9.72. The van der Waals surface area contributed by atoms with Gasteiger partial charge in [0.15, 0.2) is 0 Å². The monoisotopic (exact) mass is 398 g/mol. The van der Waals surface area contributed by atoms with Gasteiger partial charge in [-0.25, -0.2) is 4.98 Å². The van der Waals surface area contributed by atoms with Crippen molar-refractivity contribution in [2.24, 2.45) is 11.8 Å². The Hall–Kier alpha value is -2.47. The van der Waals surface area contributed by atoms with Crippen LogP contribution in [-0.4, -0.2) is 22.0 Å². The number of thiazole rings is 1. The standard InChI is InChI=1S/C22H26N2O3S/c1-3-14(2)18(22(26)27)12-20(25)23-17-6-4-5-15(11-17)7-10-21-24-19(13-28-21)16-8-9-16/h4-7,10-11,13-14,16,18H,3,8-9,12H2,1-2H3,(H,23,25)(H,26,27)/b10-7+. The zero-order valence-electron chi connectivity index (χ0n) is 16.2. The van der Waals surface area contributed by atoms with Crippen LogP contribution in [0.4, 0.5) is 5.69 Å². The van der Waals surface area contributed by atoms with E-state index in [9.17, 15) is 14.7 Å². The maximum atomic E-state index is 12.3. The van der Waals surface area contributed by atoms with E-state index in [2.05, 4.69) is 15.7 Å². The van der Waals surface area contributed by atoms with Crippen LogP contribution in [-0.2, 0) is 9.59 Å². The first-order valence-corrected chi connectivity index (χ1v) is 10.6. The number of carbonyl (C=O) groups is 2. The molecule has 6 heteroatoms. The fraction of sp³-hybridized carbons (Fsp3) is 0.409. The second-order valence-corrected chi connectivity index (χ2v) is 8.32.